The van der Waals surface area contributed by atoms with Gasteiger partial charge in [-0.3, -0.25) is 14.2 Å². The number of carboxylic acid groups (broad SMARTS) is 1. The third-order valence-electron chi connectivity index (χ3n) is 7.90. The van der Waals surface area contributed by atoms with Crippen LogP contribution in [0.5, 0.6) is 5.75 Å². The number of carbonyl (C=O) groups is 2. The minimum absolute atomic E-state index is 0.128. The molecule has 1 saturated carbocycles. The van der Waals surface area contributed by atoms with E-state index in [2.05, 4.69) is 5.32 Å². The first kappa shape index (κ1) is 29.5. The number of aryl methyl sites for hydroxylation is 2. The third-order valence-corrected chi connectivity index (χ3v) is 9.21. The lowest BCUT2D eigenvalue weighted by molar-refractivity contribution is -0.146. The molecule has 10 nitrogen and oxygen atoms in total. The van der Waals surface area contributed by atoms with Gasteiger partial charge >= 0.3 is 11.7 Å². The molecule has 3 aromatic rings. The molecule has 1 aliphatic rings. The lowest BCUT2D eigenvalue weighted by Crippen LogP contribution is -2.52. The molecule has 0 aliphatic heterocycles. The number of carboxylic acids is 1. The molecule has 2 unspecified atom stereocenters. The second-order valence-corrected chi connectivity index (χ2v) is 11.8. The van der Waals surface area contributed by atoms with Gasteiger partial charge in [0.25, 0.3) is 11.5 Å². The molecule has 40 heavy (non-hydrogen) atoms. The van der Waals surface area contributed by atoms with Gasteiger partial charge in [0, 0.05) is 13.1 Å². The maximum Gasteiger partial charge on any atom is 0.333 e. The number of nitrogens with zero attached hydrogens (tertiary/aromatic N) is 2. The number of carbonyl (C=O) groups excluding carboxylic acids is 1. The largest absolute Gasteiger partial charge is 0.496 e. The Morgan fingerprint density at radius 1 is 1.23 bits per heavy atom. The zero-order valence-electron chi connectivity index (χ0n) is 23.6. The number of thiophene rings is 1. The van der Waals surface area contributed by atoms with Gasteiger partial charge in [0.05, 0.1) is 23.5 Å². The molecule has 0 saturated heterocycles. The van der Waals surface area contributed by atoms with Gasteiger partial charge in [0.1, 0.15) is 16.1 Å². The van der Waals surface area contributed by atoms with Crippen molar-refractivity contribution >= 4 is 33.4 Å². The van der Waals surface area contributed by atoms with Crippen LogP contribution in [0.1, 0.15) is 78.7 Å². The highest BCUT2D eigenvalue weighted by molar-refractivity contribution is 7.20. The maximum atomic E-state index is 13.9. The summed E-state index contributed by atoms with van der Waals surface area (Å²) in [6, 6.07) is 5.79. The van der Waals surface area contributed by atoms with Crippen LogP contribution in [0, 0.1) is 6.92 Å². The Balaban J connectivity index is 1.91. The Hall–Kier alpha value is -3.44. The predicted molar refractivity (Wildman–Crippen MR) is 154 cm³/mol. The van der Waals surface area contributed by atoms with Crippen LogP contribution in [-0.4, -0.2) is 51.0 Å². The van der Waals surface area contributed by atoms with E-state index in [-0.39, 0.29) is 29.9 Å². The zero-order valence-corrected chi connectivity index (χ0v) is 24.4. The number of amides is 1. The van der Waals surface area contributed by atoms with Crippen LogP contribution >= 0.6 is 11.3 Å². The number of nitrogens with one attached hydrogen (secondary N) is 1. The molecule has 1 aromatic carbocycles. The average molecular weight is 572 g/mol. The second-order valence-electron chi connectivity index (χ2n) is 10.8. The standard InChI is InChI=1S/C29H37N3O7S/c1-6-30-24(34)23-16(2)22-25(35)32(29(3,4)27(36)37)28(38)31(26(22)40-23)14-13-20-19(11-8-12-21(20)39-5)17-9-7-10-18(33)15-17/h8,11-12,17-18,33H,6-7,9-10,13-15H2,1-5H3,(H,30,34)(H,36,37). The summed E-state index contributed by atoms with van der Waals surface area (Å²) in [5, 5.41) is 23.1. The third kappa shape index (κ3) is 5.19. The number of aliphatic carboxylic acids is 1. The van der Waals surface area contributed by atoms with Crippen molar-refractivity contribution in [2.24, 2.45) is 0 Å². The summed E-state index contributed by atoms with van der Waals surface area (Å²) >= 11 is 1.06. The van der Waals surface area contributed by atoms with Gasteiger partial charge in [0.2, 0.25) is 0 Å². The lowest BCUT2D eigenvalue weighted by atomic mass is 9.80. The highest BCUT2D eigenvalue weighted by Crippen LogP contribution is 2.38. The molecule has 0 radical (unpaired) electrons. The van der Waals surface area contributed by atoms with Gasteiger partial charge in [-0.2, -0.15) is 0 Å². The Morgan fingerprint density at radius 3 is 2.58 bits per heavy atom. The van der Waals surface area contributed by atoms with E-state index in [1.807, 2.05) is 18.2 Å². The van der Waals surface area contributed by atoms with Gasteiger partial charge in [-0.15, -0.1) is 11.3 Å². The SMILES string of the molecule is CCNC(=O)c1sc2c(c1C)c(=O)n(C(C)(C)C(=O)O)c(=O)n2CCc1c(OC)cccc1C1CCCC(O)C1. The normalized spacial score (nSPS) is 17.6. The average Bonchev–Trinajstić information content (AvgIpc) is 3.25. The monoisotopic (exact) mass is 571 g/mol. The molecular weight excluding hydrogens is 534 g/mol. The van der Waals surface area contributed by atoms with Crippen molar-refractivity contribution in [1.29, 1.82) is 0 Å². The van der Waals surface area contributed by atoms with Crippen LogP contribution in [0.15, 0.2) is 27.8 Å². The van der Waals surface area contributed by atoms with Gasteiger partial charge in [-0.05, 0) is 82.1 Å². The first-order valence-corrected chi connectivity index (χ1v) is 14.4. The minimum Gasteiger partial charge on any atom is -0.496 e. The van der Waals surface area contributed by atoms with Crippen molar-refractivity contribution in [3.05, 3.63) is 60.6 Å². The number of benzene rings is 1. The van der Waals surface area contributed by atoms with E-state index in [4.69, 9.17) is 4.74 Å². The number of hydrogen-bond donors (Lipinski definition) is 3. The molecule has 4 rings (SSSR count). The number of methoxy groups -OCH3 is 1. The fourth-order valence-electron chi connectivity index (χ4n) is 5.68. The number of aromatic nitrogens is 2. The quantitative estimate of drug-likeness (QED) is 0.358. The van der Waals surface area contributed by atoms with Crippen LogP contribution in [0.2, 0.25) is 0 Å². The van der Waals surface area contributed by atoms with Gasteiger partial charge in [-0.1, -0.05) is 18.6 Å². The number of rotatable bonds is 9. The summed E-state index contributed by atoms with van der Waals surface area (Å²) in [6.07, 6.45) is 3.25. The lowest BCUT2D eigenvalue weighted by Gasteiger charge is -2.28. The molecule has 0 bridgehead atoms. The highest BCUT2D eigenvalue weighted by Gasteiger charge is 2.35. The molecule has 3 N–H and O–H groups in total. The summed E-state index contributed by atoms with van der Waals surface area (Å²) in [7, 11) is 1.58. The molecule has 216 valence electrons. The smallest absolute Gasteiger partial charge is 0.333 e. The van der Waals surface area contributed by atoms with Crippen molar-refractivity contribution in [1.82, 2.24) is 14.5 Å². The Morgan fingerprint density at radius 2 is 1.95 bits per heavy atom. The van der Waals surface area contributed by atoms with Crippen molar-refractivity contribution in [3.63, 3.8) is 0 Å². The molecule has 1 fully saturated rings. The van der Waals surface area contributed by atoms with E-state index in [1.54, 1.807) is 21.0 Å². The van der Waals surface area contributed by atoms with Crippen molar-refractivity contribution in [3.8, 4) is 5.75 Å². The molecule has 2 heterocycles. The fourth-order valence-corrected chi connectivity index (χ4v) is 6.92. The molecule has 11 heteroatoms. The van der Waals surface area contributed by atoms with Gasteiger partial charge < -0.3 is 20.3 Å². The zero-order chi connectivity index (χ0) is 29.4. The van der Waals surface area contributed by atoms with Gasteiger partial charge in [-0.25, -0.2) is 14.2 Å². The molecule has 1 aliphatic carbocycles. The van der Waals surface area contributed by atoms with E-state index in [9.17, 15) is 29.4 Å². The molecule has 1 amide bonds. The number of aliphatic hydroxyl groups excluding tert-OH is 1. The summed E-state index contributed by atoms with van der Waals surface area (Å²) in [5.41, 5.74) is -0.948. The molecule has 2 aromatic heterocycles. The highest BCUT2D eigenvalue weighted by atomic mass is 32.1. The van der Waals surface area contributed by atoms with Crippen molar-refractivity contribution in [2.75, 3.05) is 13.7 Å². The van der Waals surface area contributed by atoms with Crippen LogP contribution in [-0.2, 0) is 23.3 Å². The summed E-state index contributed by atoms with van der Waals surface area (Å²) < 4.78 is 7.87. The van der Waals surface area contributed by atoms with Crippen LogP contribution < -0.4 is 21.3 Å². The van der Waals surface area contributed by atoms with E-state index >= 15 is 0 Å². The summed E-state index contributed by atoms with van der Waals surface area (Å²) in [4.78, 5) is 53.1. The van der Waals surface area contributed by atoms with Crippen molar-refractivity contribution < 1.29 is 24.5 Å². The summed E-state index contributed by atoms with van der Waals surface area (Å²) in [6.45, 7) is 6.57. The van der Waals surface area contributed by atoms with E-state index < -0.39 is 22.8 Å². The first-order valence-electron chi connectivity index (χ1n) is 13.6. The fraction of sp³-hybridized carbons (Fsp3) is 0.517. The maximum absolute atomic E-state index is 13.9. The Labute approximate surface area is 236 Å². The number of fused-ring (bicyclic) bond motifs is 1. The predicted octanol–water partition coefficient (Wildman–Crippen LogP) is 3.37. The van der Waals surface area contributed by atoms with E-state index in [1.165, 1.54) is 18.4 Å². The van der Waals surface area contributed by atoms with Crippen LogP contribution in [0.3, 0.4) is 0 Å². The van der Waals surface area contributed by atoms with Crippen molar-refractivity contribution in [2.45, 2.75) is 83.9 Å². The molecular formula is C29H37N3O7S. The van der Waals surface area contributed by atoms with Crippen LogP contribution in [0.4, 0.5) is 0 Å². The van der Waals surface area contributed by atoms with E-state index in [0.29, 0.717) is 40.4 Å². The minimum atomic E-state index is -1.82. The van der Waals surface area contributed by atoms with Gasteiger partial charge in [0.15, 0.2) is 0 Å². The summed E-state index contributed by atoms with van der Waals surface area (Å²) in [5.74, 6) is -0.881. The topological polar surface area (TPSA) is 140 Å². The molecule has 0 spiro atoms. The number of ether oxygens (including phenoxy) is 1. The Kier molecular flexibility index (Phi) is 8.55. The second kappa shape index (κ2) is 11.6. The number of hydrogen-bond acceptors (Lipinski definition) is 7. The van der Waals surface area contributed by atoms with E-state index in [0.717, 1.165) is 46.3 Å². The van der Waals surface area contributed by atoms with Crippen LogP contribution in [0.25, 0.3) is 10.2 Å². The Bertz CT molecular complexity index is 1570. The first-order chi connectivity index (χ1) is 18.9. The molecule has 2 atom stereocenters. The number of aliphatic hydroxyl groups is 1.